The number of carbonyl (C=O) groups excluding carboxylic acids is 2. The highest BCUT2D eigenvalue weighted by molar-refractivity contribution is 7.17. The van der Waals surface area contributed by atoms with Crippen molar-refractivity contribution in [3.05, 3.63) is 57.0 Å². The van der Waals surface area contributed by atoms with E-state index in [0.717, 1.165) is 29.7 Å². The van der Waals surface area contributed by atoms with Gasteiger partial charge in [-0.15, -0.1) is 11.3 Å². The zero-order chi connectivity index (χ0) is 20.5. The Morgan fingerprint density at radius 1 is 1.34 bits per heavy atom. The summed E-state index contributed by atoms with van der Waals surface area (Å²) in [6, 6.07) is 7.10. The molecule has 7 nitrogen and oxygen atoms in total. The highest BCUT2D eigenvalue weighted by Crippen LogP contribution is 2.39. The molecule has 2 amide bonds. The van der Waals surface area contributed by atoms with Crippen LogP contribution >= 0.6 is 11.3 Å². The monoisotopic (exact) mass is 410 g/mol. The van der Waals surface area contributed by atoms with Crippen molar-refractivity contribution in [2.75, 3.05) is 5.32 Å². The van der Waals surface area contributed by atoms with Crippen LogP contribution in [0.2, 0.25) is 0 Å². The third-order valence-electron chi connectivity index (χ3n) is 5.32. The second kappa shape index (κ2) is 7.79. The quantitative estimate of drug-likeness (QED) is 0.674. The van der Waals surface area contributed by atoms with E-state index in [1.165, 1.54) is 22.2 Å². The number of hydrogen-bond acceptors (Lipinski definition) is 5. The van der Waals surface area contributed by atoms with Crippen molar-refractivity contribution in [3.8, 4) is 0 Å². The summed E-state index contributed by atoms with van der Waals surface area (Å²) in [4.78, 5) is 42.4. The average molecular weight is 410 g/mol. The minimum atomic E-state index is -0.512. The van der Waals surface area contributed by atoms with Crippen molar-refractivity contribution in [2.24, 2.45) is 11.7 Å². The fraction of sp³-hybridized carbons (Fsp3) is 0.333. The summed E-state index contributed by atoms with van der Waals surface area (Å²) in [6.45, 7) is 2.39. The number of primary amides is 1. The molecule has 0 bridgehead atoms. The molecule has 0 spiro atoms. The van der Waals surface area contributed by atoms with Crippen LogP contribution in [0.4, 0.5) is 5.00 Å². The first kappa shape index (κ1) is 19.3. The molecular formula is C21H22N4O3S. The number of nitrogens with two attached hydrogens (primary N) is 1. The standard InChI is InChI=1S/C21H22N4O3S/c1-12-6-7-14-16(10-12)29-20(18(14)19(22)27)24-17(26)8-9-25-11-23-15-5-3-2-4-13(15)21(25)28/h2-5,11-12H,6-10H2,1H3,(H2,22,27)(H,24,26). The van der Waals surface area contributed by atoms with Crippen molar-refractivity contribution in [1.82, 2.24) is 9.55 Å². The predicted molar refractivity (Wildman–Crippen MR) is 113 cm³/mol. The number of fused-ring (bicyclic) bond motifs is 2. The van der Waals surface area contributed by atoms with Gasteiger partial charge in [0, 0.05) is 17.8 Å². The van der Waals surface area contributed by atoms with Gasteiger partial charge in [-0.25, -0.2) is 4.98 Å². The molecular weight excluding hydrogens is 388 g/mol. The topological polar surface area (TPSA) is 107 Å². The maximum atomic E-state index is 12.5. The van der Waals surface area contributed by atoms with Gasteiger partial charge in [-0.05, 0) is 42.9 Å². The predicted octanol–water partition coefficient (Wildman–Crippen LogP) is 2.71. The molecule has 0 saturated heterocycles. The molecule has 0 aliphatic heterocycles. The van der Waals surface area contributed by atoms with E-state index in [4.69, 9.17) is 5.73 Å². The summed E-state index contributed by atoms with van der Waals surface area (Å²) in [5.41, 5.74) is 7.46. The van der Waals surface area contributed by atoms with Crippen molar-refractivity contribution in [3.63, 3.8) is 0 Å². The van der Waals surface area contributed by atoms with E-state index in [1.807, 2.05) is 6.07 Å². The Hall–Kier alpha value is -3.00. The number of benzene rings is 1. The largest absolute Gasteiger partial charge is 0.365 e. The number of rotatable bonds is 5. The van der Waals surface area contributed by atoms with Gasteiger partial charge in [0.1, 0.15) is 5.00 Å². The van der Waals surface area contributed by atoms with Crippen molar-refractivity contribution in [2.45, 2.75) is 39.2 Å². The smallest absolute Gasteiger partial charge is 0.261 e. The van der Waals surface area contributed by atoms with Gasteiger partial charge >= 0.3 is 0 Å². The van der Waals surface area contributed by atoms with Crippen LogP contribution in [-0.2, 0) is 24.2 Å². The zero-order valence-corrected chi connectivity index (χ0v) is 16.9. The zero-order valence-electron chi connectivity index (χ0n) is 16.1. The van der Waals surface area contributed by atoms with Gasteiger partial charge in [0.05, 0.1) is 22.8 Å². The number of para-hydroxylation sites is 1. The van der Waals surface area contributed by atoms with E-state index in [1.54, 1.807) is 18.2 Å². The average Bonchev–Trinajstić information content (AvgIpc) is 3.04. The Kier molecular flexibility index (Phi) is 5.19. The van der Waals surface area contributed by atoms with Gasteiger partial charge < -0.3 is 11.1 Å². The second-order valence-electron chi connectivity index (χ2n) is 7.48. The summed E-state index contributed by atoms with van der Waals surface area (Å²) >= 11 is 1.44. The molecule has 1 atom stereocenters. The molecule has 2 aromatic heterocycles. The summed E-state index contributed by atoms with van der Waals surface area (Å²) in [5.74, 6) is -0.223. The maximum Gasteiger partial charge on any atom is 0.261 e. The van der Waals surface area contributed by atoms with Crippen LogP contribution < -0.4 is 16.6 Å². The second-order valence-corrected chi connectivity index (χ2v) is 8.58. The Morgan fingerprint density at radius 3 is 2.93 bits per heavy atom. The Morgan fingerprint density at radius 2 is 2.14 bits per heavy atom. The third kappa shape index (κ3) is 3.80. The number of aryl methyl sites for hydroxylation is 1. The number of hydrogen-bond donors (Lipinski definition) is 2. The van der Waals surface area contributed by atoms with Gasteiger partial charge in [0.2, 0.25) is 5.91 Å². The molecule has 2 heterocycles. The van der Waals surface area contributed by atoms with Gasteiger partial charge in [-0.1, -0.05) is 19.1 Å². The van der Waals surface area contributed by atoms with E-state index in [-0.39, 0.29) is 24.4 Å². The number of thiophene rings is 1. The highest BCUT2D eigenvalue weighted by atomic mass is 32.1. The number of amides is 2. The highest BCUT2D eigenvalue weighted by Gasteiger charge is 2.27. The minimum Gasteiger partial charge on any atom is -0.365 e. The number of aromatic nitrogens is 2. The first-order valence-corrected chi connectivity index (χ1v) is 10.4. The van der Waals surface area contributed by atoms with Gasteiger partial charge in [-0.2, -0.15) is 0 Å². The summed E-state index contributed by atoms with van der Waals surface area (Å²) in [7, 11) is 0. The Balaban J connectivity index is 1.50. The van der Waals surface area contributed by atoms with Crippen molar-refractivity contribution < 1.29 is 9.59 Å². The van der Waals surface area contributed by atoms with Crippen molar-refractivity contribution >= 4 is 39.1 Å². The van der Waals surface area contributed by atoms with E-state index in [9.17, 15) is 14.4 Å². The van der Waals surface area contributed by atoms with E-state index >= 15 is 0 Å². The van der Waals surface area contributed by atoms with Crippen LogP contribution in [0.25, 0.3) is 10.9 Å². The lowest BCUT2D eigenvalue weighted by molar-refractivity contribution is -0.116. The SMILES string of the molecule is CC1CCc2c(sc(NC(=O)CCn3cnc4ccccc4c3=O)c2C(N)=O)C1. The molecule has 1 unspecified atom stereocenters. The number of carbonyl (C=O) groups is 2. The van der Waals surface area contributed by atoms with Gasteiger partial charge in [0.15, 0.2) is 0 Å². The maximum absolute atomic E-state index is 12.5. The van der Waals surface area contributed by atoms with Gasteiger partial charge in [-0.3, -0.25) is 19.0 Å². The summed E-state index contributed by atoms with van der Waals surface area (Å²) in [5, 5.41) is 3.87. The van der Waals surface area contributed by atoms with Crippen LogP contribution in [0, 0.1) is 5.92 Å². The summed E-state index contributed by atoms with van der Waals surface area (Å²) < 4.78 is 1.43. The van der Waals surface area contributed by atoms with Crippen LogP contribution in [0.3, 0.4) is 0 Å². The van der Waals surface area contributed by atoms with E-state index in [0.29, 0.717) is 27.4 Å². The Bertz CT molecular complexity index is 1160. The third-order valence-corrected chi connectivity index (χ3v) is 6.49. The molecule has 29 heavy (non-hydrogen) atoms. The molecule has 150 valence electrons. The van der Waals surface area contributed by atoms with Crippen molar-refractivity contribution in [1.29, 1.82) is 0 Å². The number of nitrogens with zero attached hydrogens (tertiary/aromatic N) is 2. The summed E-state index contributed by atoms with van der Waals surface area (Å²) in [6.07, 6.45) is 4.26. The van der Waals surface area contributed by atoms with Crippen LogP contribution in [-0.4, -0.2) is 21.4 Å². The molecule has 8 heteroatoms. The van der Waals surface area contributed by atoms with E-state index in [2.05, 4.69) is 17.2 Å². The van der Waals surface area contributed by atoms with Crippen LogP contribution in [0.15, 0.2) is 35.4 Å². The Labute approximate surface area is 171 Å². The fourth-order valence-electron chi connectivity index (χ4n) is 3.78. The minimum absolute atomic E-state index is 0.0943. The lowest BCUT2D eigenvalue weighted by atomic mass is 9.88. The fourth-order valence-corrected chi connectivity index (χ4v) is 5.21. The lowest BCUT2D eigenvalue weighted by Crippen LogP contribution is -2.24. The lowest BCUT2D eigenvalue weighted by Gasteiger charge is -2.18. The molecule has 0 radical (unpaired) electrons. The first-order valence-electron chi connectivity index (χ1n) is 9.62. The molecule has 1 aliphatic carbocycles. The van der Waals surface area contributed by atoms with Gasteiger partial charge in [0.25, 0.3) is 11.5 Å². The van der Waals surface area contributed by atoms with Crippen LogP contribution in [0.1, 0.15) is 40.6 Å². The molecule has 1 aliphatic rings. The molecule has 4 rings (SSSR count). The first-order chi connectivity index (χ1) is 13.9. The molecule has 0 saturated carbocycles. The molecule has 3 N–H and O–H groups in total. The van der Waals surface area contributed by atoms with Crippen LogP contribution in [0.5, 0.6) is 0 Å². The normalized spacial score (nSPS) is 15.8. The molecule has 1 aromatic carbocycles. The molecule has 0 fully saturated rings. The van der Waals surface area contributed by atoms with E-state index < -0.39 is 5.91 Å². The molecule has 3 aromatic rings. The number of nitrogens with one attached hydrogen (secondary N) is 1. The number of anilines is 1.